The minimum Gasteiger partial charge on any atom is -0.351 e. The molecule has 0 saturated heterocycles. The van der Waals surface area contributed by atoms with Gasteiger partial charge in [-0.1, -0.05) is 22.0 Å². The van der Waals surface area contributed by atoms with E-state index in [4.69, 9.17) is 0 Å². The van der Waals surface area contributed by atoms with E-state index in [2.05, 4.69) is 21.2 Å². The normalized spacial score (nSPS) is 9.93. The summed E-state index contributed by atoms with van der Waals surface area (Å²) in [6, 6.07) is 5.74. The number of amides is 1. The lowest BCUT2D eigenvalue weighted by Gasteiger charge is -2.05. The number of nitrogens with one attached hydrogen (secondary N) is 1. The molecule has 0 aliphatic rings. The van der Waals surface area contributed by atoms with Crippen LogP contribution in [0.2, 0.25) is 0 Å². The number of carbonyl (C=O) groups excluding carboxylic acids is 1. The van der Waals surface area contributed by atoms with E-state index in [1.807, 2.05) is 32.0 Å². The number of benzene rings is 1. The van der Waals surface area contributed by atoms with E-state index in [0.717, 1.165) is 16.5 Å². The minimum atomic E-state index is -0.00690. The predicted octanol–water partition coefficient (Wildman–Crippen LogP) is 2.43. The standard InChI is InChI=1S/C11H14BrNO/c1-8-3-4-10(7-9(8)2)11(14)13-6-5-12/h3-4,7H,5-6H2,1-2H3,(H,13,14). The first kappa shape index (κ1) is 11.2. The topological polar surface area (TPSA) is 29.1 Å². The van der Waals surface area contributed by atoms with Gasteiger partial charge in [0, 0.05) is 17.4 Å². The van der Waals surface area contributed by atoms with Crippen molar-refractivity contribution in [2.45, 2.75) is 13.8 Å². The van der Waals surface area contributed by atoms with Gasteiger partial charge < -0.3 is 5.32 Å². The fourth-order valence-corrected chi connectivity index (χ4v) is 1.34. The molecular weight excluding hydrogens is 242 g/mol. The first-order valence-electron chi connectivity index (χ1n) is 4.56. The first-order chi connectivity index (χ1) is 6.65. The zero-order valence-corrected chi connectivity index (χ0v) is 10.0. The number of aryl methyl sites for hydroxylation is 2. The second-order valence-corrected chi connectivity index (χ2v) is 4.04. The van der Waals surface area contributed by atoms with Gasteiger partial charge in [0.15, 0.2) is 0 Å². The summed E-state index contributed by atoms with van der Waals surface area (Å²) >= 11 is 3.26. The molecule has 0 saturated carbocycles. The fraction of sp³-hybridized carbons (Fsp3) is 0.364. The van der Waals surface area contributed by atoms with Gasteiger partial charge in [0.25, 0.3) is 5.91 Å². The Morgan fingerprint density at radius 2 is 2.07 bits per heavy atom. The Balaban J connectivity index is 2.76. The summed E-state index contributed by atoms with van der Waals surface area (Å²) in [4.78, 5) is 11.5. The molecule has 0 aromatic heterocycles. The van der Waals surface area contributed by atoms with E-state index in [9.17, 15) is 4.79 Å². The summed E-state index contributed by atoms with van der Waals surface area (Å²) in [5.74, 6) is -0.00690. The third kappa shape index (κ3) is 2.84. The van der Waals surface area contributed by atoms with Crippen LogP contribution in [0.25, 0.3) is 0 Å². The minimum absolute atomic E-state index is 0.00690. The molecule has 2 nitrogen and oxygen atoms in total. The van der Waals surface area contributed by atoms with Gasteiger partial charge in [-0.25, -0.2) is 0 Å². The van der Waals surface area contributed by atoms with Crippen molar-refractivity contribution >= 4 is 21.8 Å². The molecule has 76 valence electrons. The number of carbonyl (C=O) groups is 1. The molecule has 1 N–H and O–H groups in total. The van der Waals surface area contributed by atoms with Gasteiger partial charge in [-0.15, -0.1) is 0 Å². The van der Waals surface area contributed by atoms with E-state index in [-0.39, 0.29) is 5.91 Å². The van der Waals surface area contributed by atoms with E-state index in [1.165, 1.54) is 5.56 Å². The summed E-state index contributed by atoms with van der Waals surface area (Å²) in [5, 5.41) is 3.59. The van der Waals surface area contributed by atoms with Gasteiger partial charge >= 0.3 is 0 Å². The van der Waals surface area contributed by atoms with Gasteiger partial charge in [-0.2, -0.15) is 0 Å². The maximum atomic E-state index is 11.5. The lowest BCUT2D eigenvalue weighted by molar-refractivity contribution is 0.0956. The van der Waals surface area contributed by atoms with Gasteiger partial charge in [0.05, 0.1) is 0 Å². The Morgan fingerprint density at radius 1 is 1.36 bits per heavy atom. The second kappa shape index (κ2) is 5.15. The molecular formula is C11H14BrNO. The molecule has 0 bridgehead atoms. The Hall–Kier alpha value is -0.830. The molecule has 0 heterocycles. The Labute approximate surface area is 92.8 Å². The van der Waals surface area contributed by atoms with Crippen molar-refractivity contribution in [1.82, 2.24) is 5.32 Å². The summed E-state index contributed by atoms with van der Waals surface area (Å²) in [6.07, 6.45) is 0. The molecule has 0 atom stereocenters. The van der Waals surface area contributed by atoms with Crippen LogP contribution in [-0.2, 0) is 0 Å². The van der Waals surface area contributed by atoms with Crippen LogP contribution in [0.15, 0.2) is 18.2 Å². The molecule has 1 aromatic carbocycles. The summed E-state index contributed by atoms with van der Waals surface area (Å²) in [5.41, 5.74) is 3.09. The Kier molecular flexibility index (Phi) is 4.14. The molecule has 0 aliphatic carbocycles. The molecule has 1 amide bonds. The van der Waals surface area contributed by atoms with Crippen molar-refractivity contribution in [2.24, 2.45) is 0 Å². The number of halogens is 1. The molecule has 0 radical (unpaired) electrons. The lowest BCUT2D eigenvalue weighted by atomic mass is 10.1. The van der Waals surface area contributed by atoms with Crippen molar-refractivity contribution in [3.8, 4) is 0 Å². The highest BCUT2D eigenvalue weighted by Gasteiger charge is 2.04. The average molecular weight is 256 g/mol. The van der Waals surface area contributed by atoms with Gasteiger partial charge in [0.2, 0.25) is 0 Å². The van der Waals surface area contributed by atoms with E-state index in [1.54, 1.807) is 0 Å². The lowest BCUT2D eigenvalue weighted by Crippen LogP contribution is -2.25. The van der Waals surface area contributed by atoms with Crippen LogP contribution < -0.4 is 5.32 Å². The van der Waals surface area contributed by atoms with Crippen molar-refractivity contribution in [2.75, 3.05) is 11.9 Å². The maximum absolute atomic E-state index is 11.5. The Morgan fingerprint density at radius 3 is 2.64 bits per heavy atom. The van der Waals surface area contributed by atoms with Crippen molar-refractivity contribution < 1.29 is 4.79 Å². The molecule has 1 aromatic rings. The van der Waals surface area contributed by atoms with Crippen LogP contribution in [0, 0.1) is 13.8 Å². The molecule has 1 rings (SSSR count). The van der Waals surface area contributed by atoms with Crippen LogP contribution in [0.1, 0.15) is 21.5 Å². The van der Waals surface area contributed by atoms with E-state index in [0.29, 0.717) is 6.54 Å². The van der Waals surface area contributed by atoms with Crippen LogP contribution in [0.4, 0.5) is 0 Å². The van der Waals surface area contributed by atoms with Gasteiger partial charge in [-0.3, -0.25) is 4.79 Å². The molecule has 3 heteroatoms. The third-order valence-electron chi connectivity index (χ3n) is 2.15. The largest absolute Gasteiger partial charge is 0.351 e. The second-order valence-electron chi connectivity index (χ2n) is 3.24. The molecule has 0 fully saturated rings. The van der Waals surface area contributed by atoms with Crippen LogP contribution in [0.3, 0.4) is 0 Å². The molecule has 0 aliphatic heterocycles. The highest BCUT2D eigenvalue weighted by molar-refractivity contribution is 9.09. The van der Waals surface area contributed by atoms with Crippen molar-refractivity contribution in [1.29, 1.82) is 0 Å². The number of hydrogen-bond acceptors (Lipinski definition) is 1. The van der Waals surface area contributed by atoms with Gasteiger partial charge in [0.1, 0.15) is 0 Å². The Bertz CT molecular complexity index is 336. The van der Waals surface area contributed by atoms with Crippen molar-refractivity contribution in [3.63, 3.8) is 0 Å². The highest BCUT2D eigenvalue weighted by atomic mass is 79.9. The fourth-order valence-electron chi connectivity index (χ4n) is 1.15. The smallest absolute Gasteiger partial charge is 0.251 e. The number of alkyl halides is 1. The predicted molar refractivity (Wildman–Crippen MR) is 62.0 cm³/mol. The molecule has 0 spiro atoms. The number of hydrogen-bond donors (Lipinski definition) is 1. The highest BCUT2D eigenvalue weighted by Crippen LogP contribution is 2.09. The summed E-state index contributed by atoms with van der Waals surface area (Å²) in [6.45, 7) is 4.71. The summed E-state index contributed by atoms with van der Waals surface area (Å²) < 4.78 is 0. The van der Waals surface area contributed by atoms with Crippen molar-refractivity contribution in [3.05, 3.63) is 34.9 Å². The SMILES string of the molecule is Cc1ccc(C(=O)NCCBr)cc1C. The van der Waals surface area contributed by atoms with Gasteiger partial charge in [-0.05, 0) is 37.1 Å². The van der Waals surface area contributed by atoms with E-state index >= 15 is 0 Å². The van der Waals surface area contributed by atoms with Crippen LogP contribution in [0.5, 0.6) is 0 Å². The zero-order valence-electron chi connectivity index (χ0n) is 8.43. The number of rotatable bonds is 3. The quantitative estimate of drug-likeness (QED) is 0.827. The maximum Gasteiger partial charge on any atom is 0.251 e. The first-order valence-corrected chi connectivity index (χ1v) is 5.68. The van der Waals surface area contributed by atoms with Crippen LogP contribution in [-0.4, -0.2) is 17.8 Å². The monoisotopic (exact) mass is 255 g/mol. The third-order valence-corrected chi connectivity index (χ3v) is 2.55. The molecule has 0 unspecified atom stereocenters. The molecule has 14 heavy (non-hydrogen) atoms. The zero-order chi connectivity index (χ0) is 10.6. The summed E-state index contributed by atoms with van der Waals surface area (Å²) in [7, 11) is 0. The average Bonchev–Trinajstić information content (AvgIpc) is 2.18. The van der Waals surface area contributed by atoms with E-state index < -0.39 is 0 Å². The van der Waals surface area contributed by atoms with Crippen LogP contribution >= 0.6 is 15.9 Å².